The van der Waals surface area contributed by atoms with E-state index in [1.165, 1.54) is 0 Å². The summed E-state index contributed by atoms with van der Waals surface area (Å²) in [4.78, 5) is 0. The second kappa shape index (κ2) is 5.47. The highest BCUT2D eigenvalue weighted by Gasteiger charge is 2.25. The zero-order chi connectivity index (χ0) is 12.3. The van der Waals surface area contributed by atoms with Crippen LogP contribution in [0.3, 0.4) is 0 Å². The first-order valence-corrected chi connectivity index (χ1v) is 6.39. The molecule has 3 nitrogen and oxygen atoms in total. The molecule has 0 spiro atoms. The normalized spacial score (nSPS) is 23.4. The Bertz CT molecular complexity index is 408. The quantitative estimate of drug-likeness (QED) is 0.704. The second-order valence-electron chi connectivity index (χ2n) is 4.52. The number of rotatable bonds is 2. The molecule has 92 valence electrons. The standard InChI is InChI=1S/C13H18N2OS/c1-9-5-2-3-6-10(9)14-13(17)15-11-7-4-8-12(11)16/h2-3,5-6,11-12,16H,4,7-8H2,1H3,(H2,14,15,17). The van der Waals surface area contributed by atoms with E-state index >= 15 is 0 Å². The van der Waals surface area contributed by atoms with Crippen LogP contribution < -0.4 is 10.6 Å². The summed E-state index contributed by atoms with van der Waals surface area (Å²) in [6, 6.07) is 8.10. The molecule has 3 N–H and O–H groups in total. The van der Waals surface area contributed by atoms with Gasteiger partial charge < -0.3 is 15.7 Å². The van der Waals surface area contributed by atoms with Crippen LogP contribution >= 0.6 is 12.2 Å². The van der Waals surface area contributed by atoms with Crippen LogP contribution in [-0.4, -0.2) is 22.4 Å². The Morgan fingerprint density at radius 3 is 2.76 bits per heavy atom. The minimum atomic E-state index is -0.272. The van der Waals surface area contributed by atoms with E-state index in [0.717, 1.165) is 30.5 Å². The largest absolute Gasteiger partial charge is 0.391 e. The number of aliphatic hydroxyl groups is 1. The highest BCUT2D eigenvalue weighted by Crippen LogP contribution is 2.19. The molecule has 0 saturated heterocycles. The fourth-order valence-corrected chi connectivity index (χ4v) is 2.41. The smallest absolute Gasteiger partial charge is 0.171 e. The summed E-state index contributed by atoms with van der Waals surface area (Å²) >= 11 is 5.25. The molecule has 1 aliphatic carbocycles. The van der Waals surface area contributed by atoms with Crippen LogP contribution in [-0.2, 0) is 0 Å². The summed E-state index contributed by atoms with van der Waals surface area (Å²) in [6.07, 6.45) is 2.64. The van der Waals surface area contributed by atoms with Crippen molar-refractivity contribution in [2.75, 3.05) is 5.32 Å². The topological polar surface area (TPSA) is 44.3 Å². The molecule has 0 heterocycles. The predicted molar refractivity (Wildman–Crippen MR) is 74.2 cm³/mol. The molecule has 1 fully saturated rings. The van der Waals surface area contributed by atoms with Gasteiger partial charge in [0.2, 0.25) is 0 Å². The van der Waals surface area contributed by atoms with Crippen molar-refractivity contribution < 1.29 is 5.11 Å². The molecule has 1 aliphatic rings. The van der Waals surface area contributed by atoms with Gasteiger partial charge in [-0.25, -0.2) is 0 Å². The van der Waals surface area contributed by atoms with Gasteiger partial charge in [0, 0.05) is 5.69 Å². The highest BCUT2D eigenvalue weighted by molar-refractivity contribution is 7.80. The average molecular weight is 250 g/mol. The molecular weight excluding hydrogens is 232 g/mol. The van der Waals surface area contributed by atoms with Crippen LogP contribution in [0.15, 0.2) is 24.3 Å². The van der Waals surface area contributed by atoms with Crippen LogP contribution in [0.1, 0.15) is 24.8 Å². The molecule has 1 aromatic carbocycles. The minimum absolute atomic E-state index is 0.0963. The van der Waals surface area contributed by atoms with Gasteiger partial charge in [0.15, 0.2) is 5.11 Å². The lowest BCUT2D eigenvalue weighted by molar-refractivity contribution is 0.158. The number of hydrogen-bond donors (Lipinski definition) is 3. The van der Waals surface area contributed by atoms with Crippen LogP contribution in [0.25, 0.3) is 0 Å². The predicted octanol–water partition coefficient (Wildman–Crippen LogP) is 2.19. The number of anilines is 1. The molecule has 1 saturated carbocycles. The van der Waals surface area contributed by atoms with E-state index in [9.17, 15) is 5.11 Å². The molecule has 0 aromatic heterocycles. The van der Waals surface area contributed by atoms with Crippen molar-refractivity contribution in [1.29, 1.82) is 0 Å². The van der Waals surface area contributed by atoms with Gasteiger partial charge in [0.1, 0.15) is 0 Å². The molecule has 2 unspecified atom stereocenters. The van der Waals surface area contributed by atoms with Crippen molar-refractivity contribution in [1.82, 2.24) is 5.32 Å². The molecule has 0 radical (unpaired) electrons. The zero-order valence-electron chi connectivity index (χ0n) is 9.94. The molecular formula is C13H18N2OS. The minimum Gasteiger partial charge on any atom is -0.391 e. The number of thiocarbonyl (C=S) groups is 1. The molecule has 0 aliphatic heterocycles. The summed E-state index contributed by atoms with van der Waals surface area (Å²) in [5, 5.41) is 16.6. The summed E-state index contributed by atoms with van der Waals surface area (Å²) in [6.45, 7) is 2.04. The van der Waals surface area contributed by atoms with Crippen LogP contribution in [0.5, 0.6) is 0 Å². The fourth-order valence-electron chi connectivity index (χ4n) is 2.15. The molecule has 0 bridgehead atoms. The summed E-state index contributed by atoms with van der Waals surface area (Å²) in [5.41, 5.74) is 2.17. The van der Waals surface area contributed by atoms with Crippen molar-refractivity contribution in [2.45, 2.75) is 38.3 Å². The summed E-state index contributed by atoms with van der Waals surface area (Å²) in [7, 11) is 0. The Morgan fingerprint density at radius 1 is 1.35 bits per heavy atom. The van der Waals surface area contributed by atoms with Gasteiger partial charge in [0.25, 0.3) is 0 Å². The third-order valence-electron chi connectivity index (χ3n) is 3.19. The van der Waals surface area contributed by atoms with Gasteiger partial charge >= 0.3 is 0 Å². The number of aryl methyl sites for hydroxylation is 1. The van der Waals surface area contributed by atoms with Crippen molar-refractivity contribution in [3.63, 3.8) is 0 Å². The van der Waals surface area contributed by atoms with Crippen molar-refractivity contribution in [2.24, 2.45) is 0 Å². The van der Waals surface area contributed by atoms with E-state index in [-0.39, 0.29) is 12.1 Å². The monoisotopic (exact) mass is 250 g/mol. The van der Waals surface area contributed by atoms with Crippen LogP contribution in [0.4, 0.5) is 5.69 Å². The van der Waals surface area contributed by atoms with E-state index in [4.69, 9.17) is 12.2 Å². The first-order chi connectivity index (χ1) is 8.16. The molecule has 17 heavy (non-hydrogen) atoms. The fraction of sp³-hybridized carbons (Fsp3) is 0.462. The van der Waals surface area contributed by atoms with Crippen LogP contribution in [0.2, 0.25) is 0 Å². The Kier molecular flexibility index (Phi) is 3.97. The summed E-state index contributed by atoms with van der Waals surface area (Å²) in [5.74, 6) is 0. The third kappa shape index (κ3) is 3.17. The van der Waals surface area contributed by atoms with Crippen molar-refractivity contribution in [3.05, 3.63) is 29.8 Å². The lowest BCUT2D eigenvalue weighted by Crippen LogP contribution is -2.42. The maximum atomic E-state index is 9.71. The van der Waals surface area contributed by atoms with Gasteiger partial charge in [-0.05, 0) is 50.0 Å². The Labute approximate surface area is 107 Å². The maximum absolute atomic E-state index is 9.71. The maximum Gasteiger partial charge on any atom is 0.171 e. The Balaban J connectivity index is 1.91. The van der Waals surface area contributed by atoms with Gasteiger partial charge in [-0.15, -0.1) is 0 Å². The van der Waals surface area contributed by atoms with E-state index in [2.05, 4.69) is 10.6 Å². The number of benzene rings is 1. The lowest BCUT2D eigenvalue weighted by atomic mass is 10.2. The molecule has 0 amide bonds. The highest BCUT2D eigenvalue weighted by atomic mass is 32.1. The van der Waals surface area contributed by atoms with Gasteiger partial charge in [-0.2, -0.15) is 0 Å². The van der Waals surface area contributed by atoms with Gasteiger partial charge in [0.05, 0.1) is 12.1 Å². The van der Waals surface area contributed by atoms with Gasteiger partial charge in [-0.1, -0.05) is 18.2 Å². The number of nitrogens with one attached hydrogen (secondary N) is 2. The van der Waals surface area contributed by atoms with Gasteiger partial charge in [-0.3, -0.25) is 0 Å². The van der Waals surface area contributed by atoms with E-state index in [0.29, 0.717) is 5.11 Å². The summed E-state index contributed by atoms with van der Waals surface area (Å²) < 4.78 is 0. The first-order valence-electron chi connectivity index (χ1n) is 5.98. The average Bonchev–Trinajstić information content (AvgIpc) is 2.68. The van der Waals surface area contributed by atoms with E-state index in [1.54, 1.807) is 0 Å². The molecule has 2 rings (SSSR count). The molecule has 2 atom stereocenters. The van der Waals surface area contributed by atoms with E-state index < -0.39 is 0 Å². The number of para-hydroxylation sites is 1. The first kappa shape index (κ1) is 12.3. The molecule has 1 aromatic rings. The Hall–Kier alpha value is -1.13. The lowest BCUT2D eigenvalue weighted by Gasteiger charge is -2.19. The molecule has 4 heteroatoms. The zero-order valence-corrected chi connectivity index (χ0v) is 10.8. The number of aliphatic hydroxyl groups excluding tert-OH is 1. The number of hydrogen-bond acceptors (Lipinski definition) is 2. The van der Waals surface area contributed by atoms with Crippen LogP contribution in [0, 0.1) is 6.92 Å². The Morgan fingerprint density at radius 2 is 2.12 bits per heavy atom. The SMILES string of the molecule is Cc1ccccc1NC(=S)NC1CCCC1O. The third-order valence-corrected chi connectivity index (χ3v) is 3.41. The van der Waals surface area contributed by atoms with E-state index in [1.807, 2.05) is 31.2 Å². The van der Waals surface area contributed by atoms with Crippen molar-refractivity contribution in [3.8, 4) is 0 Å². The van der Waals surface area contributed by atoms with Crippen molar-refractivity contribution >= 4 is 23.0 Å². The second-order valence-corrected chi connectivity index (χ2v) is 4.93.